The van der Waals surface area contributed by atoms with Crippen molar-refractivity contribution in [3.05, 3.63) is 29.3 Å². The van der Waals surface area contributed by atoms with E-state index in [-0.39, 0.29) is 0 Å². The van der Waals surface area contributed by atoms with E-state index in [2.05, 4.69) is 35.5 Å². The molecule has 1 aliphatic carbocycles. The Hall–Kier alpha value is -1.06. The molecule has 0 aliphatic heterocycles. The van der Waals surface area contributed by atoms with E-state index < -0.39 is 0 Å². The van der Waals surface area contributed by atoms with Crippen molar-refractivity contribution in [1.82, 2.24) is 10.2 Å². The fourth-order valence-corrected chi connectivity index (χ4v) is 3.44. The van der Waals surface area contributed by atoms with Gasteiger partial charge in [0.15, 0.2) is 0 Å². The lowest BCUT2D eigenvalue weighted by Gasteiger charge is -2.27. The maximum absolute atomic E-state index is 5.52. The summed E-state index contributed by atoms with van der Waals surface area (Å²) in [6, 6.07) is 6.50. The summed E-state index contributed by atoms with van der Waals surface area (Å²) < 4.78 is 5.52. The Morgan fingerprint density at radius 1 is 1.24 bits per heavy atom. The van der Waals surface area contributed by atoms with Gasteiger partial charge in [-0.05, 0) is 50.6 Å². The molecule has 0 unspecified atom stereocenters. The van der Waals surface area contributed by atoms with E-state index in [9.17, 15) is 0 Å². The molecular weight excluding hydrogens is 260 g/mol. The summed E-state index contributed by atoms with van der Waals surface area (Å²) in [5.74, 6) is 1.89. The predicted molar refractivity (Wildman–Crippen MR) is 88.7 cm³/mol. The van der Waals surface area contributed by atoms with Crippen LogP contribution in [0.25, 0.3) is 0 Å². The zero-order valence-corrected chi connectivity index (χ0v) is 13.8. The van der Waals surface area contributed by atoms with E-state index in [4.69, 9.17) is 4.74 Å². The summed E-state index contributed by atoms with van der Waals surface area (Å²) >= 11 is 0. The van der Waals surface area contributed by atoms with Gasteiger partial charge in [0.2, 0.25) is 0 Å². The number of rotatable bonds is 7. The number of hydrogen-bond donors (Lipinski definition) is 1. The molecule has 1 aromatic rings. The molecule has 0 bridgehead atoms. The molecule has 118 valence electrons. The molecule has 21 heavy (non-hydrogen) atoms. The van der Waals surface area contributed by atoms with Crippen molar-refractivity contribution < 1.29 is 4.74 Å². The first kappa shape index (κ1) is 16.3. The van der Waals surface area contributed by atoms with Gasteiger partial charge >= 0.3 is 0 Å². The van der Waals surface area contributed by atoms with E-state index in [0.717, 1.165) is 24.8 Å². The van der Waals surface area contributed by atoms with Crippen molar-refractivity contribution in [2.24, 2.45) is 5.92 Å². The first-order chi connectivity index (χ1) is 10.2. The summed E-state index contributed by atoms with van der Waals surface area (Å²) in [6.07, 6.45) is 7.07. The zero-order valence-electron chi connectivity index (χ0n) is 13.8. The lowest BCUT2D eigenvalue weighted by atomic mass is 9.89. The van der Waals surface area contributed by atoms with Crippen LogP contribution in [0.4, 0.5) is 0 Å². The van der Waals surface area contributed by atoms with E-state index in [0.29, 0.717) is 0 Å². The molecule has 0 atom stereocenters. The molecule has 1 fully saturated rings. The second-order valence-corrected chi connectivity index (χ2v) is 6.38. The molecule has 3 heteroatoms. The zero-order chi connectivity index (χ0) is 15.1. The highest BCUT2D eigenvalue weighted by atomic mass is 16.5. The molecule has 1 aromatic carbocycles. The van der Waals surface area contributed by atoms with Gasteiger partial charge in [0.1, 0.15) is 5.75 Å². The largest absolute Gasteiger partial charge is 0.496 e. The normalized spacial score (nSPS) is 16.4. The SMILES string of the molecule is CNCc1ccc(OC)c(CN(C)CC2CCCCC2)c1. The molecule has 0 amide bonds. The molecule has 0 spiro atoms. The molecule has 3 nitrogen and oxygen atoms in total. The topological polar surface area (TPSA) is 24.5 Å². The van der Waals surface area contributed by atoms with Crippen molar-refractivity contribution in [2.45, 2.75) is 45.2 Å². The quantitative estimate of drug-likeness (QED) is 0.832. The third-order valence-electron chi connectivity index (χ3n) is 4.46. The number of ether oxygens (including phenoxy) is 1. The second kappa shape index (κ2) is 8.40. The Morgan fingerprint density at radius 3 is 2.67 bits per heavy atom. The molecule has 0 aromatic heterocycles. The minimum Gasteiger partial charge on any atom is -0.496 e. The standard InChI is InChI=1S/C18H30N2O/c1-19-12-16-9-10-18(21-3)17(11-16)14-20(2)13-15-7-5-4-6-8-15/h9-11,15,19H,4-8,12-14H2,1-3H3. The molecule has 1 saturated carbocycles. The minimum atomic E-state index is 0.884. The number of benzene rings is 1. The number of hydrogen-bond acceptors (Lipinski definition) is 3. The molecule has 0 radical (unpaired) electrons. The average molecular weight is 290 g/mol. The van der Waals surface area contributed by atoms with Crippen LogP contribution in [0.3, 0.4) is 0 Å². The Kier molecular flexibility index (Phi) is 6.52. The smallest absolute Gasteiger partial charge is 0.123 e. The van der Waals surface area contributed by atoms with Crippen LogP contribution in [0.1, 0.15) is 43.2 Å². The lowest BCUT2D eigenvalue weighted by molar-refractivity contribution is 0.226. The third kappa shape index (κ3) is 5.01. The van der Waals surface area contributed by atoms with Crippen LogP contribution in [-0.2, 0) is 13.1 Å². The van der Waals surface area contributed by atoms with Crippen LogP contribution in [0, 0.1) is 5.92 Å². The van der Waals surface area contributed by atoms with Crippen molar-refractivity contribution in [3.63, 3.8) is 0 Å². The molecule has 1 aliphatic rings. The summed E-state index contributed by atoms with van der Waals surface area (Å²) in [5.41, 5.74) is 2.61. The molecule has 0 heterocycles. The number of nitrogens with zero attached hydrogens (tertiary/aromatic N) is 1. The first-order valence-electron chi connectivity index (χ1n) is 8.22. The van der Waals surface area contributed by atoms with Gasteiger partial charge < -0.3 is 15.0 Å². The van der Waals surface area contributed by atoms with Gasteiger partial charge in [0.25, 0.3) is 0 Å². The maximum Gasteiger partial charge on any atom is 0.123 e. The van der Waals surface area contributed by atoms with Crippen molar-refractivity contribution >= 4 is 0 Å². The van der Waals surface area contributed by atoms with Gasteiger partial charge in [-0.2, -0.15) is 0 Å². The third-order valence-corrected chi connectivity index (χ3v) is 4.46. The molecule has 0 saturated heterocycles. The van der Waals surface area contributed by atoms with Gasteiger partial charge in [-0.1, -0.05) is 25.3 Å². The Bertz CT molecular complexity index is 427. The van der Waals surface area contributed by atoms with Crippen LogP contribution in [0.2, 0.25) is 0 Å². The van der Waals surface area contributed by atoms with Gasteiger partial charge in [0.05, 0.1) is 7.11 Å². The highest BCUT2D eigenvalue weighted by molar-refractivity contribution is 5.37. The maximum atomic E-state index is 5.52. The number of nitrogens with one attached hydrogen (secondary N) is 1. The first-order valence-corrected chi connectivity index (χ1v) is 8.22. The van der Waals surface area contributed by atoms with Crippen LogP contribution in [-0.4, -0.2) is 32.6 Å². The highest BCUT2D eigenvalue weighted by Gasteiger charge is 2.16. The van der Waals surface area contributed by atoms with Crippen molar-refractivity contribution in [1.29, 1.82) is 0 Å². The minimum absolute atomic E-state index is 0.884. The van der Waals surface area contributed by atoms with Gasteiger partial charge in [-0.25, -0.2) is 0 Å². The van der Waals surface area contributed by atoms with Crippen molar-refractivity contribution in [2.75, 3.05) is 27.7 Å². The van der Waals surface area contributed by atoms with Gasteiger partial charge in [0, 0.05) is 25.2 Å². The monoisotopic (exact) mass is 290 g/mol. The van der Waals surface area contributed by atoms with Gasteiger partial charge in [-0.3, -0.25) is 0 Å². The fourth-order valence-electron chi connectivity index (χ4n) is 3.44. The fraction of sp³-hybridized carbons (Fsp3) is 0.667. The Labute approximate surface area is 129 Å². The van der Waals surface area contributed by atoms with Crippen LogP contribution >= 0.6 is 0 Å². The second-order valence-electron chi connectivity index (χ2n) is 6.38. The van der Waals surface area contributed by atoms with E-state index in [1.54, 1.807) is 7.11 Å². The van der Waals surface area contributed by atoms with E-state index in [1.807, 2.05) is 7.05 Å². The van der Waals surface area contributed by atoms with E-state index in [1.165, 1.54) is 49.8 Å². The van der Waals surface area contributed by atoms with E-state index >= 15 is 0 Å². The number of methoxy groups -OCH3 is 1. The summed E-state index contributed by atoms with van der Waals surface area (Å²) in [6.45, 7) is 3.08. The van der Waals surface area contributed by atoms with Gasteiger partial charge in [-0.15, -0.1) is 0 Å². The molecular formula is C18H30N2O. The van der Waals surface area contributed by atoms with Crippen LogP contribution in [0.15, 0.2) is 18.2 Å². The predicted octanol–water partition coefficient (Wildman–Crippen LogP) is 3.43. The van der Waals surface area contributed by atoms with Crippen molar-refractivity contribution in [3.8, 4) is 5.75 Å². The molecule has 1 N–H and O–H groups in total. The summed E-state index contributed by atoms with van der Waals surface area (Å²) in [5, 5.41) is 3.21. The Balaban J connectivity index is 1.97. The average Bonchev–Trinajstić information content (AvgIpc) is 2.49. The lowest BCUT2D eigenvalue weighted by Crippen LogP contribution is -2.27. The highest BCUT2D eigenvalue weighted by Crippen LogP contribution is 2.26. The van der Waals surface area contributed by atoms with Crippen LogP contribution in [0.5, 0.6) is 5.75 Å². The summed E-state index contributed by atoms with van der Waals surface area (Å²) in [4.78, 5) is 2.46. The Morgan fingerprint density at radius 2 is 2.00 bits per heavy atom. The summed E-state index contributed by atoms with van der Waals surface area (Å²) in [7, 11) is 5.98. The molecule has 2 rings (SSSR count). The van der Waals surface area contributed by atoms with Crippen LogP contribution < -0.4 is 10.1 Å².